The van der Waals surface area contributed by atoms with Crippen LogP contribution in [-0.4, -0.2) is 25.8 Å². The monoisotopic (exact) mass is 490 g/mol. The fraction of sp³-hybridized carbons (Fsp3) is 0.333. The van der Waals surface area contributed by atoms with Crippen molar-refractivity contribution in [1.82, 2.24) is 0 Å². The van der Waals surface area contributed by atoms with E-state index in [1.807, 2.05) is 54.6 Å². The maximum atomic E-state index is 7.01. The highest BCUT2D eigenvalue weighted by molar-refractivity contribution is 6.53. The topological polar surface area (TPSA) is 36.9 Å². The molecule has 2 unspecified atom stereocenters. The zero-order valence-electron chi connectivity index (χ0n) is 19.8. The Labute approximate surface area is 212 Å². The lowest BCUT2D eigenvalue weighted by atomic mass is 9.95. The zero-order chi connectivity index (χ0) is 23.9. The van der Waals surface area contributed by atoms with E-state index in [0.29, 0.717) is 5.03 Å². The lowest BCUT2D eigenvalue weighted by Gasteiger charge is -2.24. The minimum Gasteiger partial charge on any atom is -0.465 e. The van der Waals surface area contributed by atoms with Gasteiger partial charge in [0.25, 0.3) is 0 Å². The molecule has 0 aliphatic carbocycles. The molecule has 3 aromatic rings. The molecule has 4 nitrogen and oxygen atoms in total. The van der Waals surface area contributed by atoms with Gasteiger partial charge in [0.1, 0.15) is 11.5 Å². The smallest absolute Gasteiger partial charge is 0.199 e. The van der Waals surface area contributed by atoms with Gasteiger partial charge in [0.2, 0.25) is 0 Å². The van der Waals surface area contributed by atoms with Gasteiger partial charge in [0, 0.05) is 18.4 Å². The van der Waals surface area contributed by atoms with Crippen molar-refractivity contribution in [1.29, 1.82) is 0 Å². The van der Waals surface area contributed by atoms with Crippen molar-refractivity contribution in [2.75, 3.05) is 13.2 Å². The predicted octanol–water partition coefficient (Wildman–Crippen LogP) is 7.65. The van der Waals surface area contributed by atoms with Gasteiger partial charge >= 0.3 is 0 Å². The average Bonchev–Trinajstić information content (AvgIpc) is 2.92. The third-order valence-corrected chi connectivity index (χ3v) is 6.75. The van der Waals surface area contributed by atoms with E-state index in [1.54, 1.807) is 0 Å². The van der Waals surface area contributed by atoms with E-state index >= 15 is 0 Å². The van der Waals surface area contributed by atoms with Crippen LogP contribution in [0.4, 0.5) is 0 Å². The van der Waals surface area contributed by atoms with E-state index in [1.165, 1.54) is 0 Å². The Morgan fingerprint density at radius 3 is 1.51 bits per heavy atom. The molecule has 0 N–H and O–H groups in total. The van der Waals surface area contributed by atoms with Crippen LogP contribution in [0.3, 0.4) is 0 Å². The summed E-state index contributed by atoms with van der Waals surface area (Å²) < 4.78 is 23.5. The lowest BCUT2D eigenvalue weighted by molar-refractivity contribution is -0.106. The Morgan fingerprint density at radius 2 is 1.09 bits per heavy atom. The van der Waals surface area contributed by atoms with Gasteiger partial charge in [0.05, 0.1) is 18.2 Å². The molecule has 0 bridgehead atoms. The van der Waals surface area contributed by atoms with Gasteiger partial charge in [-0.05, 0) is 66.6 Å². The summed E-state index contributed by atoms with van der Waals surface area (Å²) in [6.45, 7) is 1.52. The highest BCUT2D eigenvalue weighted by Gasteiger charge is 2.18. The molecule has 0 aromatic heterocycles. The zero-order valence-corrected chi connectivity index (χ0v) is 20.6. The average molecular weight is 491 g/mol. The number of ether oxygens (including phenoxy) is 4. The number of halogens is 1. The normalized spacial score (nSPS) is 20.1. The second-order valence-corrected chi connectivity index (χ2v) is 9.31. The molecule has 2 atom stereocenters. The molecule has 2 aliphatic rings. The molecule has 5 heteroatoms. The van der Waals surface area contributed by atoms with E-state index in [-0.39, 0.29) is 12.6 Å². The predicted molar refractivity (Wildman–Crippen MR) is 140 cm³/mol. The molecular formula is C30H31ClO4. The fourth-order valence-corrected chi connectivity index (χ4v) is 4.81. The highest BCUT2D eigenvalue weighted by Crippen LogP contribution is 2.36. The molecule has 2 fully saturated rings. The van der Waals surface area contributed by atoms with Crippen molar-refractivity contribution in [3.63, 3.8) is 0 Å². The van der Waals surface area contributed by atoms with Gasteiger partial charge in [-0.15, -0.1) is 0 Å². The summed E-state index contributed by atoms with van der Waals surface area (Å²) in [5.74, 6) is 1.60. The Balaban J connectivity index is 1.41. The van der Waals surface area contributed by atoms with Crippen LogP contribution in [0.15, 0.2) is 78.9 Å². The largest absolute Gasteiger partial charge is 0.465 e. The van der Waals surface area contributed by atoms with Crippen molar-refractivity contribution in [2.45, 2.75) is 51.1 Å². The molecule has 0 spiro atoms. The summed E-state index contributed by atoms with van der Waals surface area (Å²) in [7, 11) is 0. The van der Waals surface area contributed by atoms with Crippen LogP contribution < -0.4 is 9.47 Å². The summed E-state index contributed by atoms with van der Waals surface area (Å²) in [6, 6.07) is 26.2. The summed E-state index contributed by atoms with van der Waals surface area (Å²) >= 11 is 7.01. The van der Waals surface area contributed by atoms with E-state index in [0.717, 1.165) is 85.5 Å². The number of rotatable bonds is 7. The minimum atomic E-state index is -0.168. The Bertz CT molecular complexity index is 1030. The van der Waals surface area contributed by atoms with Gasteiger partial charge in [-0.3, -0.25) is 0 Å². The summed E-state index contributed by atoms with van der Waals surface area (Å²) in [5.41, 5.74) is 3.95. The number of hydrogen-bond donors (Lipinski definition) is 0. The van der Waals surface area contributed by atoms with Crippen molar-refractivity contribution < 1.29 is 18.9 Å². The van der Waals surface area contributed by atoms with E-state index in [2.05, 4.69) is 24.3 Å². The fourth-order valence-electron chi connectivity index (χ4n) is 4.46. The Kier molecular flexibility index (Phi) is 8.04. The van der Waals surface area contributed by atoms with Crippen LogP contribution in [0.5, 0.6) is 11.5 Å². The van der Waals surface area contributed by atoms with Crippen molar-refractivity contribution in [3.8, 4) is 11.5 Å². The third kappa shape index (κ3) is 6.26. The molecule has 2 aliphatic heterocycles. The molecule has 35 heavy (non-hydrogen) atoms. The SMILES string of the molecule is ClC(=C(c1ccc(OC2CCCCO2)cc1)c1ccc(OC2CCCCO2)cc1)c1ccccc1. The van der Waals surface area contributed by atoms with E-state index < -0.39 is 0 Å². The number of hydrogen-bond acceptors (Lipinski definition) is 4. The summed E-state index contributed by atoms with van der Waals surface area (Å²) in [4.78, 5) is 0. The van der Waals surface area contributed by atoms with Crippen LogP contribution in [0, 0.1) is 0 Å². The summed E-state index contributed by atoms with van der Waals surface area (Å²) in [6.07, 6.45) is 5.98. The molecule has 0 radical (unpaired) electrons. The second kappa shape index (κ2) is 11.8. The Morgan fingerprint density at radius 1 is 0.600 bits per heavy atom. The molecule has 5 rings (SSSR count). The van der Waals surface area contributed by atoms with Gasteiger partial charge in [-0.25, -0.2) is 0 Å². The van der Waals surface area contributed by atoms with Crippen LogP contribution in [-0.2, 0) is 9.47 Å². The van der Waals surface area contributed by atoms with Crippen LogP contribution >= 0.6 is 11.6 Å². The standard InChI is InChI=1S/C30H31ClO4/c31-30(24-8-2-1-3-9-24)29(22-12-16-25(17-13-22)34-27-10-4-6-20-32-27)23-14-18-26(19-15-23)35-28-11-5-7-21-33-28/h1-3,8-9,12-19,27-28H,4-7,10-11,20-21H2. The number of benzene rings is 3. The van der Waals surface area contributed by atoms with Gasteiger partial charge in [-0.1, -0.05) is 66.2 Å². The molecule has 2 saturated heterocycles. The van der Waals surface area contributed by atoms with Crippen molar-refractivity contribution in [2.24, 2.45) is 0 Å². The lowest BCUT2D eigenvalue weighted by Crippen LogP contribution is -2.24. The molecule has 0 saturated carbocycles. The third-order valence-electron chi connectivity index (χ3n) is 6.34. The van der Waals surface area contributed by atoms with Gasteiger partial charge in [-0.2, -0.15) is 0 Å². The first-order chi connectivity index (χ1) is 17.3. The second-order valence-electron chi connectivity index (χ2n) is 8.93. The molecular weight excluding hydrogens is 460 g/mol. The first-order valence-electron chi connectivity index (χ1n) is 12.5. The maximum Gasteiger partial charge on any atom is 0.199 e. The quantitative estimate of drug-likeness (QED) is 0.319. The highest BCUT2D eigenvalue weighted by atomic mass is 35.5. The Hall–Kier alpha value is -2.79. The minimum absolute atomic E-state index is 0.168. The van der Waals surface area contributed by atoms with Crippen LogP contribution in [0.1, 0.15) is 55.2 Å². The molecule has 3 aromatic carbocycles. The molecule has 182 valence electrons. The van der Waals surface area contributed by atoms with Crippen LogP contribution in [0.25, 0.3) is 10.6 Å². The molecule has 2 heterocycles. The van der Waals surface area contributed by atoms with Crippen molar-refractivity contribution in [3.05, 3.63) is 95.6 Å². The maximum absolute atomic E-state index is 7.01. The summed E-state index contributed by atoms with van der Waals surface area (Å²) in [5, 5.41) is 0.694. The van der Waals surface area contributed by atoms with Crippen molar-refractivity contribution >= 4 is 22.2 Å². The van der Waals surface area contributed by atoms with E-state index in [4.69, 9.17) is 30.5 Å². The first-order valence-corrected chi connectivity index (χ1v) is 12.9. The first kappa shape index (κ1) is 23.9. The van der Waals surface area contributed by atoms with Gasteiger partial charge < -0.3 is 18.9 Å². The van der Waals surface area contributed by atoms with E-state index in [9.17, 15) is 0 Å². The van der Waals surface area contributed by atoms with Crippen LogP contribution in [0.2, 0.25) is 0 Å². The molecule has 0 amide bonds. The van der Waals surface area contributed by atoms with Gasteiger partial charge in [0.15, 0.2) is 12.6 Å².